The van der Waals surface area contributed by atoms with Gasteiger partial charge in [-0.2, -0.15) is 0 Å². The number of unbranched alkanes of at least 4 members (excludes halogenated alkanes) is 2. The summed E-state index contributed by atoms with van der Waals surface area (Å²) in [5, 5.41) is 3.68. The number of hydrogen-bond acceptors (Lipinski definition) is 2. The molecule has 0 aromatic rings. The van der Waals surface area contributed by atoms with E-state index in [1.165, 1.54) is 38.5 Å². The van der Waals surface area contributed by atoms with E-state index in [4.69, 9.17) is 4.74 Å². The Balaban J connectivity index is 3.86. The van der Waals surface area contributed by atoms with Crippen LogP contribution in [0.3, 0.4) is 0 Å². The molecule has 0 aliphatic heterocycles. The van der Waals surface area contributed by atoms with Crippen LogP contribution in [0.2, 0.25) is 0 Å². The van der Waals surface area contributed by atoms with Gasteiger partial charge in [-0.25, -0.2) is 0 Å². The van der Waals surface area contributed by atoms with E-state index < -0.39 is 0 Å². The number of ether oxygens (including phenoxy) is 1. The van der Waals surface area contributed by atoms with Gasteiger partial charge in [0.05, 0.1) is 0 Å². The first-order valence-electron chi connectivity index (χ1n) is 6.98. The molecule has 16 heavy (non-hydrogen) atoms. The average Bonchev–Trinajstić information content (AvgIpc) is 2.30. The third-order valence-electron chi connectivity index (χ3n) is 3.24. The van der Waals surface area contributed by atoms with Crippen LogP contribution in [-0.2, 0) is 4.74 Å². The molecule has 0 heterocycles. The van der Waals surface area contributed by atoms with Gasteiger partial charge >= 0.3 is 0 Å². The molecule has 0 aliphatic rings. The van der Waals surface area contributed by atoms with Crippen molar-refractivity contribution < 1.29 is 4.74 Å². The van der Waals surface area contributed by atoms with Gasteiger partial charge in [-0.3, -0.25) is 0 Å². The third-order valence-corrected chi connectivity index (χ3v) is 3.24. The molecule has 0 saturated carbocycles. The lowest BCUT2D eigenvalue weighted by molar-refractivity contribution is 0.168. The minimum absolute atomic E-state index is 0.682. The molecule has 0 saturated heterocycles. The van der Waals surface area contributed by atoms with Crippen LogP contribution in [0.1, 0.15) is 59.3 Å². The zero-order valence-electron chi connectivity index (χ0n) is 11.7. The molecule has 98 valence electrons. The van der Waals surface area contributed by atoms with Crippen molar-refractivity contribution in [2.75, 3.05) is 20.3 Å². The highest BCUT2D eigenvalue weighted by atomic mass is 16.5. The van der Waals surface area contributed by atoms with Gasteiger partial charge in [-0.15, -0.1) is 0 Å². The highest BCUT2D eigenvalue weighted by Crippen LogP contribution is 2.15. The maximum absolute atomic E-state index is 5.16. The van der Waals surface area contributed by atoms with Crippen LogP contribution in [-0.4, -0.2) is 26.3 Å². The second-order valence-corrected chi connectivity index (χ2v) is 4.82. The predicted octanol–water partition coefficient (Wildman–Crippen LogP) is 3.61. The highest BCUT2D eigenvalue weighted by Gasteiger charge is 2.15. The molecule has 0 spiro atoms. The molecular weight excluding hydrogens is 198 g/mol. The Hall–Kier alpha value is -0.0800. The Morgan fingerprint density at radius 2 is 1.81 bits per heavy atom. The molecule has 1 N–H and O–H groups in total. The zero-order chi connectivity index (χ0) is 12.2. The second-order valence-electron chi connectivity index (χ2n) is 4.82. The smallest absolute Gasteiger partial charge is 0.0465 e. The van der Waals surface area contributed by atoms with Crippen LogP contribution >= 0.6 is 0 Å². The highest BCUT2D eigenvalue weighted by molar-refractivity contribution is 4.73. The molecule has 0 amide bonds. The lowest BCUT2D eigenvalue weighted by Crippen LogP contribution is -2.36. The fourth-order valence-corrected chi connectivity index (χ4v) is 2.04. The molecule has 0 aromatic heterocycles. The Kier molecular flexibility index (Phi) is 11.3. The van der Waals surface area contributed by atoms with Gasteiger partial charge in [-0.05, 0) is 31.7 Å². The van der Waals surface area contributed by atoms with E-state index in [-0.39, 0.29) is 0 Å². The maximum atomic E-state index is 5.16. The van der Waals surface area contributed by atoms with Gasteiger partial charge in [-0.1, -0.05) is 40.0 Å². The first kappa shape index (κ1) is 15.9. The van der Waals surface area contributed by atoms with Crippen molar-refractivity contribution in [2.24, 2.45) is 5.92 Å². The van der Waals surface area contributed by atoms with Crippen LogP contribution in [0, 0.1) is 5.92 Å². The third kappa shape index (κ3) is 8.12. The van der Waals surface area contributed by atoms with Crippen molar-refractivity contribution in [2.45, 2.75) is 65.3 Å². The van der Waals surface area contributed by atoms with E-state index in [0.29, 0.717) is 6.04 Å². The molecular formula is C14H31NO. The van der Waals surface area contributed by atoms with Crippen LogP contribution in [0.25, 0.3) is 0 Å². The number of nitrogens with one attached hydrogen (secondary N) is 1. The lowest BCUT2D eigenvalue weighted by Gasteiger charge is -2.25. The van der Waals surface area contributed by atoms with Crippen molar-refractivity contribution in [3.05, 3.63) is 0 Å². The summed E-state index contributed by atoms with van der Waals surface area (Å²) in [6.45, 7) is 8.88. The fraction of sp³-hybridized carbons (Fsp3) is 1.00. The molecule has 0 bridgehead atoms. The number of hydrogen-bond donors (Lipinski definition) is 1. The minimum atomic E-state index is 0.682. The van der Waals surface area contributed by atoms with E-state index in [1.54, 1.807) is 7.11 Å². The number of rotatable bonds is 11. The van der Waals surface area contributed by atoms with Gasteiger partial charge in [0.15, 0.2) is 0 Å². The topological polar surface area (TPSA) is 21.3 Å². The normalized spacial score (nSPS) is 15.0. The van der Waals surface area contributed by atoms with Gasteiger partial charge in [0.25, 0.3) is 0 Å². The van der Waals surface area contributed by atoms with E-state index in [1.807, 2.05) is 0 Å². The van der Waals surface area contributed by atoms with Crippen molar-refractivity contribution in [3.63, 3.8) is 0 Å². The summed E-state index contributed by atoms with van der Waals surface area (Å²) in [5.41, 5.74) is 0. The van der Waals surface area contributed by atoms with Crippen LogP contribution in [0.15, 0.2) is 0 Å². The van der Waals surface area contributed by atoms with Crippen LogP contribution < -0.4 is 5.32 Å². The summed E-state index contributed by atoms with van der Waals surface area (Å²) in [6.07, 6.45) is 7.74. The lowest BCUT2D eigenvalue weighted by atomic mass is 9.93. The summed E-state index contributed by atoms with van der Waals surface area (Å²) in [5.74, 6) is 0.725. The minimum Gasteiger partial charge on any atom is -0.385 e. The Morgan fingerprint density at radius 1 is 1.06 bits per heavy atom. The summed E-state index contributed by atoms with van der Waals surface area (Å²) in [4.78, 5) is 0. The Labute approximate surface area is 102 Å². The van der Waals surface area contributed by atoms with Crippen molar-refractivity contribution in [3.8, 4) is 0 Å². The Bertz CT molecular complexity index is 139. The monoisotopic (exact) mass is 229 g/mol. The second kappa shape index (κ2) is 11.4. The van der Waals surface area contributed by atoms with E-state index in [9.17, 15) is 0 Å². The summed E-state index contributed by atoms with van der Waals surface area (Å²) < 4.78 is 5.16. The van der Waals surface area contributed by atoms with Crippen molar-refractivity contribution >= 4 is 0 Å². The molecule has 0 radical (unpaired) electrons. The van der Waals surface area contributed by atoms with Gasteiger partial charge in [0.2, 0.25) is 0 Å². The quantitative estimate of drug-likeness (QED) is 0.547. The van der Waals surface area contributed by atoms with Crippen LogP contribution in [0.5, 0.6) is 0 Å². The molecule has 2 heteroatoms. The van der Waals surface area contributed by atoms with Gasteiger partial charge in [0.1, 0.15) is 0 Å². The zero-order valence-corrected chi connectivity index (χ0v) is 11.7. The molecule has 0 rings (SSSR count). The molecule has 0 aliphatic carbocycles. The SMILES string of the molecule is CCCCCC(NCCC)C(C)CCOC. The largest absolute Gasteiger partial charge is 0.385 e. The average molecular weight is 229 g/mol. The molecule has 2 unspecified atom stereocenters. The molecule has 2 nitrogen and oxygen atoms in total. The van der Waals surface area contributed by atoms with E-state index in [0.717, 1.165) is 19.1 Å². The van der Waals surface area contributed by atoms with Gasteiger partial charge in [0, 0.05) is 19.8 Å². The maximum Gasteiger partial charge on any atom is 0.0465 e. The molecule has 0 fully saturated rings. The van der Waals surface area contributed by atoms with E-state index in [2.05, 4.69) is 26.1 Å². The molecule has 2 atom stereocenters. The van der Waals surface area contributed by atoms with Gasteiger partial charge < -0.3 is 10.1 Å². The first-order chi connectivity index (χ1) is 7.76. The summed E-state index contributed by atoms with van der Waals surface area (Å²) in [7, 11) is 1.79. The predicted molar refractivity (Wildman–Crippen MR) is 71.9 cm³/mol. The van der Waals surface area contributed by atoms with Crippen LogP contribution in [0.4, 0.5) is 0 Å². The number of methoxy groups -OCH3 is 1. The first-order valence-corrected chi connectivity index (χ1v) is 6.98. The Morgan fingerprint density at radius 3 is 2.38 bits per heavy atom. The molecule has 0 aromatic carbocycles. The van der Waals surface area contributed by atoms with E-state index >= 15 is 0 Å². The summed E-state index contributed by atoms with van der Waals surface area (Å²) in [6, 6.07) is 0.682. The standard InChI is InChI=1S/C14H31NO/c1-5-7-8-9-14(15-11-6-2)13(3)10-12-16-4/h13-15H,5-12H2,1-4H3. The van der Waals surface area contributed by atoms with Crippen molar-refractivity contribution in [1.29, 1.82) is 0 Å². The summed E-state index contributed by atoms with van der Waals surface area (Å²) >= 11 is 0. The fourth-order valence-electron chi connectivity index (χ4n) is 2.04. The van der Waals surface area contributed by atoms with Crippen molar-refractivity contribution in [1.82, 2.24) is 5.32 Å².